The molecule has 0 aromatic heterocycles. The van der Waals surface area contributed by atoms with E-state index in [1.165, 1.54) is 12.8 Å². The Morgan fingerprint density at radius 3 is 2.38 bits per heavy atom. The maximum absolute atomic E-state index is 5.57. The second-order valence-corrected chi connectivity index (χ2v) is 7.74. The first-order chi connectivity index (χ1) is 10.9. The predicted molar refractivity (Wildman–Crippen MR) is 112 cm³/mol. The lowest BCUT2D eigenvalue weighted by Crippen LogP contribution is -2.52. The van der Waals surface area contributed by atoms with Gasteiger partial charge in [0.05, 0.1) is 6.54 Å². The summed E-state index contributed by atoms with van der Waals surface area (Å²) >= 11 is 0. The van der Waals surface area contributed by atoms with Crippen LogP contribution >= 0.6 is 24.0 Å². The largest absolute Gasteiger partial charge is 0.381 e. The van der Waals surface area contributed by atoms with Crippen LogP contribution in [0.5, 0.6) is 0 Å². The van der Waals surface area contributed by atoms with Gasteiger partial charge in [0.2, 0.25) is 0 Å². The molecule has 24 heavy (non-hydrogen) atoms. The van der Waals surface area contributed by atoms with E-state index >= 15 is 0 Å². The van der Waals surface area contributed by atoms with Gasteiger partial charge in [0, 0.05) is 38.4 Å². The number of hydrogen-bond donors (Lipinski definition) is 1. The summed E-state index contributed by atoms with van der Waals surface area (Å²) in [6, 6.07) is 0. The van der Waals surface area contributed by atoms with Crippen molar-refractivity contribution in [1.29, 1.82) is 0 Å². The summed E-state index contributed by atoms with van der Waals surface area (Å²) in [6.07, 6.45) is 4.63. The third-order valence-corrected chi connectivity index (χ3v) is 5.94. The average molecular weight is 452 g/mol. The fraction of sp³-hybridized carbons (Fsp3) is 0.944. The van der Waals surface area contributed by atoms with Crippen LogP contribution in [0.4, 0.5) is 0 Å². The second-order valence-electron chi connectivity index (χ2n) is 7.74. The Kier molecular flexibility index (Phi) is 8.76. The molecule has 0 saturated carbocycles. The molecule has 6 heteroatoms. The minimum Gasteiger partial charge on any atom is -0.381 e. The van der Waals surface area contributed by atoms with E-state index < -0.39 is 0 Å². The molecule has 0 radical (unpaired) electrons. The van der Waals surface area contributed by atoms with Gasteiger partial charge in [0.1, 0.15) is 0 Å². The molecular weight excluding hydrogens is 415 g/mol. The maximum atomic E-state index is 5.57. The van der Waals surface area contributed by atoms with E-state index in [9.17, 15) is 0 Å². The Balaban J connectivity index is 0.00000288. The highest BCUT2D eigenvalue weighted by atomic mass is 127. The third-order valence-electron chi connectivity index (χ3n) is 5.94. The number of ether oxygens (including phenoxy) is 1. The normalized spacial score (nSPS) is 27.2. The van der Waals surface area contributed by atoms with Crippen molar-refractivity contribution in [2.24, 2.45) is 10.4 Å². The fourth-order valence-electron chi connectivity index (χ4n) is 3.64. The van der Waals surface area contributed by atoms with E-state index in [-0.39, 0.29) is 29.5 Å². The van der Waals surface area contributed by atoms with Crippen molar-refractivity contribution in [1.82, 2.24) is 15.1 Å². The Morgan fingerprint density at radius 1 is 1.21 bits per heavy atom. The van der Waals surface area contributed by atoms with Gasteiger partial charge in [0.25, 0.3) is 0 Å². The van der Waals surface area contributed by atoms with Crippen molar-refractivity contribution in [3.63, 3.8) is 0 Å². The van der Waals surface area contributed by atoms with Gasteiger partial charge in [-0.05, 0) is 52.1 Å². The van der Waals surface area contributed by atoms with E-state index in [1.54, 1.807) is 0 Å². The molecule has 0 amide bonds. The van der Waals surface area contributed by atoms with E-state index in [0.717, 1.165) is 58.2 Å². The van der Waals surface area contributed by atoms with Crippen molar-refractivity contribution in [3.05, 3.63) is 0 Å². The number of likely N-dealkylation sites (tertiary alicyclic amines) is 1. The van der Waals surface area contributed by atoms with E-state index in [1.807, 2.05) is 0 Å². The Bertz CT molecular complexity index is 410. The number of hydrogen-bond acceptors (Lipinski definition) is 3. The Hall–Kier alpha value is -0.0800. The van der Waals surface area contributed by atoms with Crippen molar-refractivity contribution < 1.29 is 4.74 Å². The highest BCUT2D eigenvalue weighted by molar-refractivity contribution is 14.0. The van der Waals surface area contributed by atoms with Crippen LogP contribution in [0, 0.1) is 5.41 Å². The monoisotopic (exact) mass is 452 g/mol. The zero-order valence-electron chi connectivity index (χ0n) is 16.2. The van der Waals surface area contributed by atoms with Crippen LogP contribution in [-0.4, -0.2) is 74.8 Å². The van der Waals surface area contributed by atoms with Crippen LogP contribution in [0.2, 0.25) is 0 Å². The van der Waals surface area contributed by atoms with E-state index in [4.69, 9.17) is 9.73 Å². The molecule has 142 valence electrons. The number of nitrogens with one attached hydrogen (secondary N) is 1. The number of rotatable bonds is 5. The van der Waals surface area contributed by atoms with Gasteiger partial charge in [-0.1, -0.05) is 13.8 Å². The van der Waals surface area contributed by atoms with Gasteiger partial charge in [0.15, 0.2) is 5.96 Å². The minimum atomic E-state index is 0. The number of aliphatic imine (C=N–C) groups is 1. The molecule has 1 N–H and O–H groups in total. The summed E-state index contributed by atoms with van der Waals surface area (Å²) < 4.78 is 5.57. The third kappa shape index (κ3) is 5.21. The molecule has 0 aromatic rings. The summed E-state index contributed by atoms with van der Waals surface area (Å²) in [5.41, 5.74) is 0.584. The van der Waals surface area contributed by atoms with Crippen molar-refractivity contribution in [2.75, 3.05) is 53.5 Å². The molecule has 0 aliphatic carbocycles. The zero-order valence-corrected chi connectivity index (χ0v) is 18.6. The predicted octanol–water partition coefficient (Wildman–Crippen LogP) is 2.80. The molecule has 2 aliphatic heterocycles. The van der Waals surface area contributed by atoms with E-state index in [2.05, 4.69) is 50.0 Å². The van der Waals surface area contributed by atoms with Crippen LogP contribution in [-0.2, 0) is 4.74 Å². The minimum absolute atomic E-state index is 0. The SMILES string of the molecule is CCNC(=NCC1(N(C)C)CCOCC1)N1CCC(C)(CC)C1.I. The van der Waals surface area contributed by atoms with Crippen molar-refractivity contribution in [3.8, 4) is 0 Å². The first kappa shape index (κ1) is 22.0. The molecule has 1 unspecified atom stereocenters. The topological polar surface area (TPSA) is 40.1 Å². The van der Waals surface area contributed by atoms with Crippen LogP contribution in [0.25, 0.3) is 0 Å². The highest BCUT2D eigenvalue weighted by Crippen LogP contribution is 2.33. The maximum Gasteiger partial charge on any atom is 0.193 e. The molecule has 2 saturated heterocycles. The van der Waals surface area contributed by atoms with Crippen LogP contribution < -0.4 is 5.32 Å². The fourth-order valence-corrected chi connectivity index (χ4v) is 3.64. The smallest absolute Gasteiger partial charge is 0.193 e. The van der Waals surface area contributed by atoms with Gasteiger partial charge in [-0.15, -0.1) is 24.0 Å². The first-order valence-corrected chi connectivity index (χ1v) is 9.23. The number of likely N-dealkylation sites (N-methyl/N-ethyl adjacent to an activating group) is 1. The molecule has 2 heterocycles. The quantitative estimate of drug-likeness (QED) is 0.396. The van der Waals surface area contributed by atoms with E-state index in [0.29, 0.717) is 5.41 Å². The number of nitrogens with zero attached hydrogens (tertiary/aromatic N) is 3. The molecule has 0 bridgehead atoms. The van der Waals surface area contributed by atoms with Crippen molar-refractivity contribution >= 4 is 29.9 Å². The van der Waals surface area contributed by atoms with Crippen molar-refractivity contribution in [2.45, 2.75) is 52.0 Å². The van der Waals surface area contributed by atoms with Gasteiger partial charge in [-0.2, -0.15) is 0 Å². The molecule has 5 nitrogen and oxygen atoms in total. The summed E-state index contributed by atoms with van der Waals surface area (Å²) in [7, 11) is 4.36. The summed E-state index contributed by atoms with van der Waals surface area (Å²) in [5.74, 6) is 1.09. The second kappa shape index (κ2) is 9.57. The summed E-state index contributed by atoms with van der Waals surface area (Å²) in [4.78, 5) is 9.85. The van der Waals surface area contributed by atoms with Crippen LogP contribution in [0.15, 0.2) is 4.99 Å². The lowest BCUT2D eigenvalue weighted by molar-refractivity contribution is -0.00263. The number of halogens is 1. The summed E-state index contributed by atoms with van der Waals surface area (Å²) in [6.45, 7) is 12.6. The molecule has 2 rings (SSSR count). The molecule has 0 aromatic carbocycles. The van der Waals surface area contributed by atoms with Crippen LogP contribution in [0.3, 0.4) is 0 Å². The first-order valence-electron chi connectivity index (χ1n) is 9.23. The Labute approximate surface area is 165 Å². The molecule has 2 aliphatic rings. The Morgan fingerprint density at radius 2 is 1.88 bits per heavy atom. The number of guanidine groups is 1. The van der Waals surface area contributed by atoms with Gasteiger partial charge < -0.3 is 19.9 Å². The molecular formula is C18H37IN4O. The lowest BCUT2D eigenvalue weighted by atomic mass is 9.87. The molecule has 0 spiro atoms. The van der Waals surface area contributed by atoms with Crippen LogP contribution in [0.1, 0.15) is 46.5 Å². The average Bonchev–Trinajstić information content (AvgIpc) is 2.95. The molecule has 2 fully saturated rings. The van der Waals surface area contributed by atoms with Gasteiger partial charge in [-0.25, -0.2) is 0 Å². The molecule has 1 atom stereocenters. The lowest BCUT2D eigenvalue weighted by Gasteiger charge is -2.42. The summed E-state index contributed by atoms with van der Waals surface area (Å²) in [5, 5.41) is 3.51. The standard InChI is InChI=1S/C18H36N4O.HI/c1-6-17(3)8-11-22(15-17)16(19-7-2)20-14-18(21(4)5)9-12-23-13-10-18;/h6-15H2,1-5H3,(H,19,20);1H. The van der Waals surface area contributed by atoms with Gasteiger partial charge >= 0.3 is 0 Å². The highest BCUT2D eigenvalue weighted by Gasteiger charge is 2.36. The van der Waals surface area contributed by atoms with Gasteiger partial charge in [-0.3, -0.25) is 4.99 Å². The zero-order chi connectivity index (χ0) is 16.9.